The summed E-state index contributed by atoms with van der Waals surface area (Å²) in [6.45, 7) is 4.97. The molecule has 2 rings (SSSR count). The number of ether oxygens (including phenoxy) is 2. The number of rotatable bonds is 11. The Morgan fingerprint density at radius 3 is 1.75 bits per heavy atom. The molecular weight excluding hydrogens is 354 g/mol. The van der Waals surface area contributed by atoms with E-state index in [4.69, 9.17) is 9.47 Å². The van der Waals surface area contributed by atoms with Gasteiger partial charge >= 0.3 is 11.9 Å². The molecule has 2 aromatic rings. The first-order chi connectivity index (χ1) is 13.6. The lowest BCUT2D eigenvalue weighted by Gasteiger charge is -2.19. The highest BCUT2D eigenvalue weighted by atomic mass is 16.6. The molecule has 28 heavy (non-hydrogen) atoms. The van der Waals surface area contributed by atoms with Crippen molar-refractivity contribution < 1.29 is 19.1 Å². The Hall–Kier alpha value is -2.66. The van der Waals surface area contributed by atoms with Crippen molar-refractivity contribution >= 4 is 11.9 Å². The second-order valence-corrected chi connectivity index (χ2v) is 6.92. The Balaban J connectivity index is 1.95. The predicted octanol–water partition coefficient (Wildman–Crippen LogP) is 3.87. The molecule has 0 bridgehead atoms. The van der Waals surface area contributed by atoms with E-state index in [9.17, 15) is 9.59 Å². The van der Waals surface area contributed by atoms with E-state index < -0.39 is 18.0 Å². The summed E-state index contributed by atoms with van der Waals surface area (Å²) >= 11 is 0. The van der Waals surface area contributed by atoms with Gasteiger partial charge in [0.2, 0.25) is 6.04 Å². The fraction of sp³-hybridized carbons (Fsp3) is 0.391. The van der Waals surface area contributed by atoms with E-state index in [1.54, 1.807) is 0 Å². The van der Waals surface area contributed by atoms with Crippen LogP contribution >= 0.6 is 0 Å². The van der Waals surface area contributed by atoms with E-state index in [0.717, 1.165) is 24.0 Å². The van der Waals surface area contributed by atoms with Crippen LogP contribution in [0.3, 0.4) is 0 Å². The molecule has 0 saturated carbocycles. The third-order valence-corrected chi connectivity index (χ3v) is 4.37. The number of carbonyl (C=O) groups excluding carboxylic acids is 2. The topological polar surface area (TPSA) is 64.6 Å². The molecule has 0 amide bonds. The monoisotopic (exact) mass is 383 g/mol. The molecular formula is C23H29NO4. The maximum atomic E-state index is 12.6. The molecule has 0 heterocycles. The number of esters is 2. The molecule has 0 fully saturated rings. The average Bonchev–Trinajstić information content (AvgIpc) is 2.72. The van der Waals surface area contributed by atoms with E-state index >= 15 is 0 Å². The first-order valence-electron chi connectivity index (χ1n) is 9.74. The van der Waals surface area contributed by atoms with E-state index in [1.807, 2.05) is 60.7 Å². The summed E-state index contributed by atoms with van der Waals surface area (Å²) in [7, 11) is 0. The van der Waals surface area contributed by atoms with Crippen LogP contribution in [0.4, 0.5) is 0 Å². The average molecular weight is 383 g/mol. The van der Waals surface area contributed by atoms with E-state index in [-0.39, 0.29) is 13.2 Å². The summed E-state index contributed by atoms with van der Waals surface area (Å²) in [4.78, 5) is 25.1. The third kappa shape index (κ3) is 7.53. The van der Waals surface area contributed by atoms with Gasteiger partial charge in [0.25, 0.3) is 0 Å². The van der Waals surface area contributed by atoms with Gasteiger partial charge in [0.15, 0.2) is 0 Å². The first-order valence-corrected chi connectivity index (χ1v) is 9.74. The van der Waals surface area contributed by atoms with Gasteiger partial charge in [-0.3, -0.25) is 5.32 Å². The molecule has 5 nitrogen and oxygen atoms in total. The number of benzene rings is 2. The zero-order chi connectivity index (χ0) is 20.2. The fourth-order valence-electron chi connectivity index (χ4n) is 2.80. The minimum atomic E-state index is -1.13. The van der Waals surface area contributed by atoms with Crippen LogP contribution in [0.5, 0.6) is 0 Å². The van der Waals surface area contributed by atoms with Crippen molar-refractivity contribution in [3.8, 4) is 0 Å². The van der Waals surface area contributed by atoms with Gasteiger partial charge in [0.1, 0.15) is 13.2 Å². The Morgan fingerprint density at radius 1 is 0.857 bits per heavy atom. The zero-order valence-corrected chi connectivity index (χ0v) is 16.6. The van der Waals surface area contributed by atoms with Crippen molar-refractivity contribution in [3.05, 3.63) is 71.8 Å². The maximum Gasteiger partial charge on any atom is 0.335 e. The molecule has 150 valence electrons. The lowest BCUT2D eigenvalue weighted by atomic mass is 10.1. The number of hydrogen-bond donors (Lipinski definition) is 1. The summed E-state index contributed by atoms with van der Waals surface area (Å²) in [6, 6.07) is 17.6. The van der Waals surface area contributed by atoms with E-state index in [1.165, 1.54) is 0 Å². The van der Waals surface area contributed by atoms with Crippen LogP contribution in [0.1, 0.15) is 37.8 Å². The first kappa shape index (κ1) is 21.6. The molecule has 1 unspecified atom stereocenters. The summed E-state index contributed by atoms with van der Waals surface area (Å²) in [5.41, 5.74) is 1.73. The second kappa shape index (κ2) is 11.9. The molecule has 0 aromatic heterocycles. The van der Waals surface area contributed by atoms with Crippen LogP contribution < -0.4 is 5.32 Å². The molecule has 0 aliphatic rings. The molecule has 0 aliphatic carbocycles. The summed E-state index contributed by atoms with van der Waals surface area (Å²) in [5, 5.41) is 3.03. The van der Waals surface area contributed by atoms with Crippen LogP contribution in [0.2, 0.25) is 0 Å². The molecule has 0 aliphatic heterocycles. The van der Waals surface area contributed by atoms with Crippen LogP contribution in [0.15, 0.2) is 60.7 Å². The van der Waals surface area contributed by atoms with Gasteiger partial charge in [-0.15, -0.1) is 0 Å². The number of hydrogen-bond acceptors (Lipinski definition) is 5. The lowest BCUT2D eigenvalue weighted by Crippen LogP contribution is -2.46. The SMILES string of the molecule is CCCC(C)CNC(C(=O)OCc1ccccc1)C(=O)OCc1ccccc1. The van der Waals surface area contributed by atoms with Gasteiger partial charge in [0.05, 0.1) is 0 Å². The van der Waals surface area contributed by atoms with Crippen molar-refractivity contribution in [1.29, 1.82) is 0 Å². The third-order valence-electron chi connectivity index (χ3n) is 4.37. The van der Waals surface area contributed by atoms with Gasteiger partial charge in [-0.05, 0) is 30.0 Å². The summed E-state index contributed by atoms with van der Waals surface area (Å²) < 4.78 is 10.7. The van der Waals surface area contributed by atoms with E-state index in [2.05, 4.69) is 19.2 Å². The van der Waals surface area contributed by atoms with Gasteiger partial charge in [0, 0.05) is 0 Å². The Bertz CT molecular complexity index is 662. The quantitative estimate of drug-likeness (QED) is 0.471. The molecule has 0 radical (unpaired) electrons. The van der Waals surface area contributed by atoms with Gasteiger partial charge in [-0.1, -0.05) is 80.9 Å². The minimum absolute atomic E-state index is 0.119. The van der Waals surface area contributed by atoms with Crippen molar-refractivity contribution in [2.45, 2.75) is 45.9 Å². The highest BCUT2D eigenvalue weighted by Gasteiger charge is 2.30. The molecule has 0 spiro atoms. The minimum Gasteiger partial charge on any atom is -0.459 e. The molecule has 2 aromatic carbocycles. The number of nitrogens with one attached hydrogen (secondary N) is 1. The second-order valence-electron chi connectivity index (χ2n) is 6.92. The van der Waals surface area contributed by atoms with Crippen molar-refractivity contribution in [1.82, 2.24) is 5.32 Å². The van der Waals surface area contributed by atoms with Gasteiger partial charge in [-0.25, -0.2) is 9.59 Å². The van der Waals surface area contributed by atoms with E-state index in [0.29, 0.717) is 12.5 Å². The Morgan fingerprint density at radius 2 is 1.32 bits per heavy atom. The van der Waals surface area contributed by atoms with Crippen molar-refractivity contribution in [2.75, 3.05) is 6.54 Å². The van der Waals surface area contributed by atoms with Gasteiger partial charge in [-0.2, -0.15) is 0 Å². The van der Waals surface area contributed by atoms with Crippen molar-refractivity contribution in [2.24, 2.45) is 5.92 Å². The van der Waals surface area contributed by atoms with Crippen LogP contribution in [0, 0.1) is 5.92 Å². The maximum absolute atomic E-state index is 12.6. The highest BCUT2D eigenvalue weighted by molar-refractivity contribution is 5.99. The summed E-state index contributed by atoms with van der Waals surface area (Å²) in [6.07, 6.45) is 2.06. The van der Waals surface area contributed by atoms with Crippen LogP contribution in [-0.2, 0) is 32.3 Å². The van der Waals surface area contributed by atoms with Crippen LogP contribution in [-0.4, -0.2) is 24.5 Å². The molecule has 5 heteroatoms. The molecule has 1 N–H and O–H groups in total. The Labute approximate surface area is 167 Å². The smallest absolute Gasteiger partial charge is 0.335 e. The normalized spacial score (nSPS) is 11.8. The lowest BCUT2D eigenvalue weighted by molar-refractivity contribution is -0.160. The highest BCUT2D eigenvalue weighted by Crippen LogP contribution is 2.08. The largest absolute Gasteiger partial charge is 0.459 e. The zero-order valence-electron chi connectivity index (χ0n) is 16.6. The number of carbonyl (C=O) groups is 2. The van der Waals surface area contributed by atoms with Crippen LogP contribution in [0.25, 0.3) is 0 Å². The van der Waals surface area contributed by atoms with Crippen molar-refractivity contribution in [3.63, 3.8) is 0 Å². The summed E-state index contributed by atoms with van der Waals surface area (Å²) in [5.74, 6) is -0.896. The standard InChI is InChI=1S/C23H29NO4/c1-3-10-18(2)15-24-21(22(25)27-16-19-11-6-4-7-12-19)23(26)28-17-20-13-8-5-9-14-20/h4-9,11-14,18,21,24H,3,10,15-17H2,1-2H3. The van der Waals surface area contributed by atoms with Gasteiger partial charge < -0.3 is 9.47 Å². The Kier molecular flexibility index (Phi) is 9.22. The predicted molar refractivity (Wildman–Crippen MR) is 108 cm³/mol. The fourth-order valence-corrected chi connectivity index (χ4v) is 2.80. The molecule has 0 saturated heterocycles. The molecule has 1 atom stereocenters.